The minimum absolute atomic E-state index is 0.589. The number of hydrogen-bond acceptors (Lipinski definition) is 2. The zero-order valence-corrected chi connectivity index (χ0v) is 11.1. The molecule has 0 saturated carbocycles. The van der Waals surface area contributed by atoms with Crippen molar-refractivity contribution in [2.24, 2.45) is 0 Å². The minimum Gasteiger partial charge on any atom is -0.457 e. The van der Waals surface area contributed by atoms with Gasteiger partial charge in [-0.2, -0.15) is 0 Å². The molecule has 0 unspecified atom stereocenters. The predicted molar refractivity (Wildman–Crippen MR) is 83.2 cm³/mol. The van der Waals surface area contributed by atoms with Crippen LogP contribution in [0.15, 0.2) is 65.2 Å². The largest absolute Gasteiger partial charge is 0.457 e. The number of nitrogens with zero attached hydrogens (tertiary/aromatic N) is 2. The molecule has 3 nitrogen and oxygen atoms in total. The maximum atomic E-state index is 7.08. The van der Waals surface area contributed by atoms with Gasteiger partial charge in [-0.15, -0.1) is 0 Å². The molecule has 0 radical (unpaired) electrons. The summed E-state index contributed by atoms with van der Waals surface area (Å²) in [7, 11) is 0. The maximum absolute atomic E-state index is 7.08. The molecule has 0 spiro atoms. The van der Waals surface area contributed by atoms with Crippen molar-refractivity contribution in [3.63, 3.8) is 0 Å². The standard InChI is InChI=1S/C18H10N2O/c1-19-13-6-8-15-14-7-5-12(16-4-2-3-9-20-16)10-17(14)21-18(15)11-13/h2-11H. The van der Waals surface area contributed by atoms with E-state index < -0.39 is 0 Å². The van der Waals surface area contributed by atoms with Gasteiger partial charge in [0.2, 0.25) is 0 Å². The van der Waals surface area contributed by atoms with Crippen LogP contribution in [0.2, 0.25) is 0 Å². The Kier molecular flexibility index (Phi) is 2.48. The summed E-state index contributed by atoms with van der Waals surface area (Å²) in [5.74, 6) is 0. The van der Waals surface area contributed by atoms with Crippen LogP contribution in [-0.4, -0.2) is 4.98 Å². The summed E-state index contributed by atoms with van der Waals surface area (Å²) in [5.41, 5.74) is 4.09. The summed E-state index contributed by atoms with van der Waals surface area (Å²) in [5, 5.41) is 2.09. The second-order valence-corrected chi connectivity index (χ2v) is 4.82. The molecule has 21 heavy (non-hydrogen) atoms. The van der Waals surface area contributed by atoms with Gasteiger partial charge in [0.25, 0.3) is 0 Å². The number of furan rings is 1. The smallest absolute Gasteiger partial charge is 0.190 e. The quantitative estimate of drug-likeness (QED) is 0.445. The lowest BCUT2D eigenvalue weighted by Gasteiger charge is -1.99. The molecule has 0 saturated heterocycles. The van der Waals surface area contributed by atoms with E-state index in [1.54, 1.807) is 12.3 Å². The van der Waals surface area contributed by atoms with Crippen molar-refractivity contribution in [2.75, 3.05) is 0 Å². The Balaban J connectivity index is 1.96. The van der Waals surface area contributed by atoms with Crippen LogP contribution in [0.25, 0.3) is 38.0 Å². The fourth-order valence-electron chi connectivity index (χ4n) is 2.53. The summed E-state index contributed by atoms with van der Waals surface area (Å²) < 4.78 is 5.89. The highest BCUT2D eigenvalue weighted by atomic mass is 16.3. The van der Waals surface area contributed by atoms with Gasteiger partial charge in [-0.25, -0.2) is 4.85 Å². The highest BCUT2D eigenvalue weighted by molar-refractivity contribution is 6.06. The van der Waals surface area contributed by atoms with Gasteiger partial charge in [-0.1, -0.05) is 24.3 Å². The lowest BCUT2D eigenvalue weighted by Crippen LogP contribution is -1.80. The number of hydrogen-bond donors (Lipinski definition) is 0. The van der Waals surface area contributed by atoms with Crippen LogP contribution in [0.1, 0.15) is 0 Å². The molecule has 2 aromatic heterocycles. The van der Waals surface area contributed by atoms with Crippen molar-refractivity contribution in [2.45, 2.75) is 0 Å². The summed E-state index contributed by atoms with van der Waals surface area (Å²) in [6.07, 6.45) is 1.78. The van der Waals surface area contributed by atoms with Gasteiger partial charge in [-0.3, -0.25) is 4.98 Å². The van der Waals surface area contributed by atoms with Gasteiger partial charge in [0.15, 0.2) is 5.69 Å². The second-order valence-electron chi connectivity index (χ2n) is 4.82. The van der Waals surface area contributed by atoms with Crippen molar-refractivity contribution in [1.29, 1.82) is 0 Å². The molecule has 0 aliphatic rings. The van der Waals surface area contributed by atoms with Crippen LogP contribution < -0.4 is 0 Å². The lowest BCUT2D eigenvalue weighted by atomic mass is 10.1. The fraction of sp³-hybridized carbons (Fsp3) is 0. The summed E-state index contributed by atoms with van der Waals surface area (Å²) in [4.78, 5) is 7.79. The van der Waals surface area contributed by atoms with E-state index in [4.69, 9.17) is 11.0 Å². The van der Waals surface area contributed by atoms with Gasteiger partial charge in [-0.05, 0) is 30.3 Å². The van der Waals surface area contributed by atoms with Crippen LogP contribution in [-0.2, 0) is 0 Å². The number of fused-ring (bicyclic) bond motifs is 3. The first-order valence-corrected chi connectivity index (χ1v) is 6.60. The minimum atomic E-state index is 0.589. The molecule has 0 amide bonds. The Labute approximate surface area is 121 Å². The first kappa shape index (κ1) is 11.7. The summed E-state index contributed by atoms with van der Waals surface area (Å²) >= 11 is 0. The van der Waals surface area contributed by atoms with E-state index in [9.17, 15) is 0 Å². The van der Waals surface area contributed by atoms with E-state index in [0.29, 0.717) is 5.69 Å². The van der Waals surface area contributed by atoms with E-state index in [1.165, 1.54) is 0 Å². The van der Waals surface area contributed by atoms with Crippen LogP contribution in [0.4, 0.5) is 5.69 Å². The Morgan fingerprint density at radius 2 is 1.71 bits per heavy atom. The number of pyridine rings is 1. The van der Waals surface area contributed by atoms with Crippen LogP contribution in [0.5, 0.6) is 0 Å². The van der Waals surface area contributed by atoms with Crippen molar-refractivity contribution in [1.82, 2.24) is 4.98 Å². The van der Waals surface area contributed by atoms with E-state index >= 15 is 0 Å². The SMILES string of the molecule is [C-]#[N+]c1ccc2c(c1)oc1cc(-c3ccccn3)ccc12. The van der Waals surface area contributed by atoms with E-state index in [1.807, 2.05) is 48.5 Å². The number of benzene rings is 2. The molecular weight excluding hydrogens is 260 g/mol. The van der Waals surface area contributed by atoms with Crippen molar-refractivity contribution < 1.29 is 4.42 Å². The van der Waals surface area contributed by atoms with E-state index in [0.717, 1.165) is 33.2 Å². The lowest BCUT2D eigenvalue weighted by molar-refractivity contribution is 0.669. The van der Waals surface area contributed by atoms with Crippen molar-refractivity contribution >= 4 is 27.6 Å². The van der Waals surface area contributed by atoms with Gasteiger partial charge in [0.1, 0.15) is 11.2 Å². The summed E-state index contributed by atoms with van der Waals surface area (Å²) in [6, 6.07) is 17.5. The van der Waals surface area contributed by atoms with Crippen LogP contribution in [0.3, 0.4) is 0 Å². The highest BCUT2D eigenvalue weighted by Crippen LogP contribution is 2.33. The van der Waals surface area contributed by atoms with Gasteiger partial charge >= 0.3 is 0 Å². The zero-order chi connectivity index (χ0) is 14.2. The van der Waals surface area contributed by atoms with E-state index in [-0.39, 0.29) is 0 Å². The molecule has 0 fully saturated rings. The topological polar surface area (TPSA) is 30.4 Å². The zero-order valence-electron chi connectivity index (χ0n) is 11.1. The molecular formula is C18H10N2O. The average Bonchev–Trinajstić information content (AvgIpc) is 2.92. The third kappa shape index (κ3) is 1.86. The van der Waals surface area contributed by atoms with Crippen LogP contribution >= 0.6 is 0 Å². The maximum Gasteiger partial charge on any atom is 0.190 e. The molecule has 0 aliphatic carbocycles. The van der Waals surface area contributed by atoms with E-state index in [2.05, 4.69) is 9.83 Å². The molecule has 3 heteroatoms. The molecule has 4 rings (SSSR count). The predicted octanol–water partition coefficient (Wildman–Crippen LogP) is 5.20. The normalized spacial score (nSPS) is 10.8. The monoisotopic (exact) mass is 270 g/mol. The van der Waals surface area contributed by atoms with Crippen molar-refractivity contribution in [3.8, 4) is 11.3 Å². The summed E-state index contributed by atoms with van der Waals surface area (Å²) in [6.45, 7) is 7.08. The molecule has 0 N–H and O–H groups in total. The Morgan fingerprint density at radius 3 is 2.48 bits per heavy atom. The third-order valence-corrected chi connectivity index (χ3v) is 3.55. The average molecular weight is 270 g/mol. The number of aromatic nitrogens is 1. The van der Waals surface area contributed by atoms with Gasteiger partial charge < -0.3 is 4.42 Å². The first-order valence-electron chi connectivity index (χ1n) is 6.60. The molecule has 2 aromatic carbocycles. The van der Waals surface area contributed by atoms with Crippen LogP contribution in [0, 0.1) is 6.57 Å². The van der Waals surface area contributed by atoms with Gasteiger partial charge in [0, 0.05) is 22.5 Å². The highest BCUT2D eigenvalue weighted by Gasteiger charge is 2.09. The van der Waals surface area contributed by atoms with Crippen molar-refractivity contribution in [3.05, 3.63) is 72.2 Å². The Morgan fingerprint density at radius 1 is 0.905 bits per heavy atom. The molecule has 4 aromatic rings. The molecule has 2 heterocycles. The number of rotatable bonds is 1. The Bertz CT molecular complexity index is 994. The third-order valence-electron chi connectivity index (χ3n) is 3.55. The fourth-order valence-corrected chi connectivity index (χ4v) is 2.53. The Hall–Kier alpha value is -3.12. The second kappa shape index (κ2) is 4.46. The van der Waals surface area contributed by atoms with Gasteiger partial charge in [0.05, 0.1) is 12.3 Å². The molecule has 0 bridgehead atoms. The molecule has 0 aliphatic heterocycles. The molecule has 98 valence electrons. The first-order chi connectivity index (χ1) is 10.3. The molecule has 0 atom stereocenters.